The number of azide groups is 1. The number of esters is 1. The van der Waals surface area contributed by atoms with E-state index in [-0.39, 0.29) is 12.5 Å². The van der Waals surface area contributed by atoms with Crippen LogP contribution >= 0.6 is 0 Å². The van der Waals surface area contributed by atoms with Gasteiger partial charge in [0.2, 0.25) is 0 Å². The van der Waals surface area contributed by atoms with Crippen molar-refractivity contribution in [3.8, 4) is 0 Å². The number of rotatable bonds is 7. The van der Waals surface area contributed by atoms with Crippen LogP contribution in [0.15, 0.2) is 17.6 Å². The molecule has 1 heterocycles. The summed E-state index contributed by atoms with van der Waals surface area (Å²) in [6, 6.07) is -0.605. The van der Waals surface area contributed by atoms with Gasteiger partial charge < -0.3 is 9.30 Å². The second kappa shape index (κ2) is 7.31. The van der Waals surface area contributed by atoms with Gasteiger partial charge in [0, 0.05) is 25.0 Å². The fourth-order valence-electron chi connectivity index (χ4n) is 1.48. The molecule has 0 amide bonds. The summed E-state index contributed by atoms with van der Waals surface area (Å²) in [5.74, 6) is -0.373. The number of carbonyl (C=O) groups excluding carboxylic acids is 1. The molecule has 0 bridgehead atoms. The first-order valence-corrected chi connectivity index (χ1v) is 5.57. The normalized spacial score (nSPS) is 11.7. The Balaban J connectivity index is 2.72. The Morgan fingerprint density at radius 3 is 3.11 bits per heavy atom. The van der Waals surface area contributed by atoms with Crippen LogP contribution in [0, 0.1) is 0 Å². The molecule has 1 unspecified atom stereocenters. The fourth-order valence-corrected chi connectivity index (χ4v) is 1.48. The SMILES string of the molecule is CCOC(=O)C(NCCN=[N+]=[N-])c1cncn1C. The number of carbonyl (C=O) groups is 1. The molecule has 0 aliphatic rings. The van der Waals surface area contributed by atoms with Gasteiger partial charge in [0.1, 0.15) is 6.04 Å². The van der Waals surface area contributed by atoms with Crippen molar-refractivity contribution in [3.63, 3.8) is 0 Å². The molecule has 1 atom stereocenters. The van der Waals surface area contributed by atoms with Gasteiger partial charge in [-0.05, 0) is 12.5 Å². The molecule has 0 radical (unpaired) electrons. The van der Waals surface area contributed by atoms with Crippen molar-refractivity contribution in [2.75, 3.05) is 19.7 Å². The van der Waals surface area contributed by atoms with Crippen molar-refractivity contribution in [1.82, 2.24) is 14.9 Å². The van der Waals surface area contributed by atoms with Gasteiger partial charge in [0.25, 0.3) is 0 Å². The van der Waals surface area contributed by atoms with Gasteiger partial charge in [-0.1, -0.05) is 5.11 Å². The monoisotopic (exact) mass is 252 g/mol. The molecule has 1 rings (SSSR count). The number of nitrogens with one attached hydrogen (secondary N) is 1. The average molecular weight is 252 g/mol. The van der Waals surface area contributed by atoms with Crippen molar-refractivity contribution in [3.05, 3.63) is 28.7 Å². The highest BCUT2D eigenvalue weighted by atomic mass is 16.5. The van der Waals surface area contributed by atoms with E-state index in [9.17, 15) is 4.79 Å². The molecule has 1 aromatic rings. The van der Waals surface area contributed by atoms with Gasteiger partial charge in [-0.15, -0.1) is 0 Å². The zero-order chi connectivity index (χ0) is 13.4. The summed E-state index contributed by atoms with van der Waals surface area (Å²) in [6.07, 6.45) is 3.21. The van der Waals surface area contributed by atoms with E-state index in [1.54, 1.807) is 31.1 Å². The minimum atomic E-state index is -0.605. The lowest BCUT2D eigenvalue weighted by molar-refractivity contribution is -0.146. The Morgan fingerprint density at radius 1 is 1.78 bits per heavy atom. The van der Waals surface area contributed by atoms with Crippen LogP contribution in [0.3, 0.4) is 0 Å². The van der Waals surface area contributed by atoms with Crippen molar-refractivity contribution in [2.24, 2.45) is 12.2 Å². The van der Waals surface area contributed by atoms with Crippen molar-refractivity contribution >= 4 is 5.97 Å². The number of aromatic nitrogens is 2. The van der Waals surface area contributed by atoms with Gasteiger partial charge in [-0.3, -0.25) is 5.32 Å². The molecule has 0 saturated heterocycles. The summed E-state index contributed by atoms with van der Waals surface area (Å²) in [5, 5.41) is 6.38. The predicted octanol–water partition coefficient (Wildman–Crippen LogP) is 0.924. The first-order chi connectivity index (χ1) is 8.70. The smallest absolute Gasteiger partial charge is 0.329 e. The summed E-state index contributed by atoms with van der Waals surface area (Å²) in [6.45, 7) is 2.71. The van der Waals surface area contributed by atoms with Crippen molar-refractivity contribution < 1.29 is 9.53 Å². The molecule has 0 saturated carbocycles. The van der Waals surface area contributed by atoms with E-state index < -0.39 is 6.04 Å². The Bertz CT molecular complexity index is 437. The zero-order valence-electron chi connectivity index (χ0n) is 10.4. The third kappa shape index (κ3) is 3.76. The molecule has 0 aromatic carbocycles. The third-order valence-electron chi connectivity index (χ3n) is 2.30. The van der Waals surface area contributed by atoms with E-state index in [0.717, 1.165) is 0 Å². The lowest BCUT2D eigenvalue weighted by Gasteiger charge is -2.17. The number of imidazole rings is 1. The Hall–Kier alpha value is -2.05. The number of aryl methyl sites for hydroxylation is 1. The molecule has 0 aliphatic heterocycles. The first-order valence-electron chi connectivity index (χ1n) is 5.57. The van der Waals surface area contributed by atoms with Crippen molar-refractivity contribution in [1.29, 1.82) is 0 Å². The molecule has 0 spiro atoms. The maximum Gasteiger partial charge on any atom is 0.329 e. The molecule has 18 heavy (non-hydrogen) atoms. The van der Waals surface area contributed by atoms with Crippen LogP contribution in [-0.4, -0.2) is 35.2 Å². The van der Waals surface area contributed by atoms with Gasteiger partial charge in [-0.25, -0.2) is 9.78 Å². The summed E-state index contributed by atoms with van der Waals surface area (Å²) < 4.78 is 6.73. The van der Waals surface area contributed by atoms with E-state index in [4.69, 9.17) is 10.3 Å². The van der Waals surface area contributed by atoms with Gasteiger partial charge in [0.05, 0.1) is 24.8 Å². The van der Waals surface area contributed by atoms with E-state index in [1.165, 1.54) is 0 Å². The van der Waals surface area contributed by atoms with E-state index in [0.29, 0.717) is 18.8 Å². The lowest BCUT2D eigenvalue weighted by atomic mass is 10.2. The molecule has 0 aliphatic carbocycles. The zero-order valence-corrected chi connectivity index (χ0v) is 10.4. The average Bonchev–Trinajstić information content (AvgIpc) is 2.76. The first kappa shape index (κ1) is 14.0. The Kier molecular flexibility index (Phi) is 5.69. The van der Waals surface area contributed by atoms with E-state index in [2.05, 4.69) is 20.3 Å². The van der Waals surface area contributed by atoms with E-state index >= 15 is 0 Å². The Labute approximate surface area is 105 Å². The topological polar surface area (TPSA) is 105 Å². The summed E-state index contributed by atoms with van der Waals surface area (Å²) in [4.78, 5) is 18.4. The van der Waals surface area contributed by atoms with Crippen LogP contribution in [0.1, 0.15) is 18.7 Å². The minimum absolute atomic E-state index is 0.268. The quantitative estimate of drug-likeness (QED) is 0.256. The molecule has 1 N–H and O–H groups in total. The molecule has 8 nitrogen and oxygen atoms in total. The number of ether oxygens (including phenoxy) is 1. The molecule has 0 fully saturated rings. The minimum Gasteiger partial charge on any atom is -0.465 e. The van der Waals surface area contributed by atoms with Crippen LogP contribution in [-0.2, 0) is 16.6 Å². The van der Waals surface area contributed by atoms with Crippen LogP contribution in [0.4, 0.5) is 0 Å². The van der Waals surface area contributed by atoms with Crippen LogP contribution in [0.25, 0.3) is 10.4 Å². The summed E-state index contributed by atoms with van der Waals surface area (Å²) in [7, 11) is 1.80. The van der Waals surface area contributed by atoms with Gasteiger partial charge in [0.15, 0.2) is 0 Å². The molecule has 98 valence electrons. The van der Waals surface area contributed by atoms with Crippen LogP contribution < -0.4 is 5.32 Å². The largest absolute Gasteiger partial charge is 0.465 e. The molecule has 8 heteroatoms. The highest BCUT2D eigenvalue weighted by Gasteiger charge is 2.23. The third-order valence-corrected chi connectivity index (χ3v) is 2.30. The van der Waals surface area contributed by atoms with Gasteiger partial charge >= 0.3 is 5.97 Å². The summed E-state index contributed by atoms with van der Waals surface area (Å²) >= 11 is 0. The second-order valence-electron chi connectivity index (χ2n) is 3.52. The van der Waals surface area contributed by atoms with E-state index in [1.807, 2.05) is 0 Å². The molecular formula is C10H16N6O2. The van der Waals surface area contributed by atoms with Crippen LogP contribution in [0.2, 0.25) is 0 Å². The maximum atomic E-state index is 11.8. The fraction of sp³-hybridized carbons (Fsp3) is 0.600. The highest BCUT2D eigenvalue weighted by molar-refractivity contribution is 5.77. The van der Waals surface area contributed by atoms with Gasteiger partial charge in [-0.2, -0.15) is 0 Å². The second-order valence-corrected chi connectivity index (χ2v) is 3.52. The molecule has 1 aromatic heterocycles. The number of hydrogen-bond acceptors (Lipinski definition) is 5. The number of hydrogen-bond donors (Lipinski definition) is 1. The van der Waals surface area contributed by atoms with Crippen LogP contribution in [0.5, 0.6) is 0 Å². The predicted molar refractivity (Wildman–Crippen MR) is 64.6 cm³/mol. The number of nitrogens with zero attached hydrogens (tertiary/aromatic N) is 5. The highest BCUT2D eigenvalue weighted by Crippen LogP contribution is 2.13. The Morgan fingerprint density at radius 2 is 2.56 bits per heavy atom. The molecular weight excluding hydrogens is 236 g/mol. The lowest BCUT2D eigenvalue weighted by Crippen LogP contribution is -2.33. The summed E-state index contributed by atoms with van der Waals surface area (Å²) in [5.41, 5.74) is 8.88. The standard InChI is InChI=1S/C10H16N6O2/c1-3-18-10(17)9(13-4-5-14-15-11)8-6-12-7-16(8)2/h6-7,9,13H,3-5H2,1-2H3. The maximum absolute atomic E-state index is 11.8. The van der Waals surface area contributed by atoms with Crippen molar-refractivity contribution in [2.45, 2.75) is 13.0 Å².